The molecule has 3 rings (SSSR count). The molecule has 0 radical (unpaired) electrons. The highest BCUT2D eigenvalue weighted by Crippen LogP contribution is 2.29. The number of thiophene rings is 1. The molecule has 1 N–H and O–H groups in total. The third-order valence-electron chi connectivity index (χ3n) is 4.44. The average molecular weight is 360 g/mol. The van der Waals surface area contributed by atoms with E-state index in [2.05, 4.69) is 34.7 Å². The molecule has 1 fully saturated rings. The van der Waals surface area contributed by atoms with Crippen LogP contribution in [0.25, 0.3) is 0 Å². The van der Waals surface area contributed by atoms with E-state index in [1.165, 1.54) is 4.88 Å². The molecular weight excluding hydrogens is 336 g/mol. The summed E-state index contributed by atoms with van der Waals surface area (Å²) in [4.78, 5) is 16.3. The Hall–Kier alpha value is -1.89. The molecule has 1 aliphatic heterocycles. The molecule has 1 aromatic carbocycles. The van der Waals surface area contributed by atoms with Crippen molar-refractivity contribution in [2.45, 2.75) is 19.0 Å². The van der Waals surface area contributed by atoms with Crippen molar-refractivity contribution in [1.29, 1.82) is 0 Å². The number of hydrogen-bond acceptors (Lipinski definition) is 5. The van der Waals surface area contributed by atoms with Crippen LogP contribution in [0.1, 0.15) is 28.2 Å². The van der Waals surface area contributed by atoms with E-state index in [-0.39, 0.29) is 18.0 Å². The fraction of sp³-hybridized carbons (Fsp3) is 0.421. The Kier molecular flexibility index (Phi) is 6.07. The van der Waals surface area contributed by atoms with E-state index in [1.54, 1.807) is 30.6 Å². The molecule has 1 saturated heterocycles. The molecule has 6 heteroatoms. The fourth-order valence-corrected chi connectivity index (χ4v) is 4.16. The Balaban J connectivity index is 1.75. The standard InChI is InChI=1S/C19H24N2O3S/c1-14(20-19(22)15-5-3-6-16(13-15)23-2)18(17-7-4-12-25-17)21-8-10-24-11-9-21/h3-7,12-14,18H,8-11H2,1-2H3,(H,20,22)/t14-,18+/m0/s1. The molecule has 134 valence electrons. The number of ether oxygens (including phenoxy) is 2. The molecule has 2 aromatic rings. The lowest BCUT2D eigenvalue weighted by Crippen LogP contribution is -2.48. The van der Waals surface area contributed by atoms with Gasteiger partial charge in [0, 0.05) is 29.6 Å². The molecule has 5 nitrogen and oxygen atoms in total. The SMILES string of the molecule is COc1cccc(C(=O)N[C@@H](C)[C@H](c2cccs2)N2CCOCC2)c1. The number of morpholine rings is 1. The monoisotopic (exact) mass is 360 g/mol. The lowest BCUT2D eigenvalue weighted by molar-refractivity contribution is 0.00969. The van der Waals surface area contributed by atoms with Gasteiger partial charge in [0.1, 0.15) is 5.75 Å². The zero-order valence-electron chi connectivity index (χ0n) is 14.6. The summed E-state index contributed by atoms with van der Waals surface area (Å²) in [7, 11) is 1.60. The predicted molar refractivity (Wildman–Crippen MR) is 99.4 cm³/mol. The Labute approximate surface area is 152 Å². The van der Waals surface area contributed by atoms with Crippen LogP contribution in [0, 0.1) is 0 Å². The molecule has 2 atom stereocenters. The van der Waals surface area contributed by atoms with Crippen molar-refractivity contribution in [2.75, 3.05) is 33.4 Å². The van der Waals surface area contributed by atoms with Gasteiger partial charge in [-0.2, -0.15) is 0 Å². The van der Waals surface area contributed by atoms with E-state index >= 15 is 0 Å². The van der Waals surface area contributed by atoms with Crippen molar-refractivity contribution in [3.05, 3.63) is 52.2 Å². The first-order valence-electron chi connectivity index (χ1n) is 8.49. The number of rotatable bonds is 6. The first-order chi connectivity index (χ1) is 12.2. The Morgan fingerprint density at radius 2 is 2.08 bits per heavy atom. The van der Waals surface area contributed by atoms with Crippen LogP contribution in [0.4, 0.5) is 0 Å². The van der Waals surface area contributed by atoms with Crippen LogP contribution in [0.15, 0.2) is 41.8 Å². The van der Waals surface area contributed by atoms with Crippen LogP contribution in [-0.2, 0) is 4.74 Å². The molecule has 1 amide bonds. The second kappa shape index (κ2) is 8.47. The zero-order valence-corrected chi connectivity index (χ0v) is 15.4. The molecule has 1 aliphatic rings. The molecule has 25 heavy (non-hydrogen) atoms. The van der Waals surface area contributed by atoms with E-state index in [9.17, 15) is 4.79 Å². The predicted octanol–water partition coefficient (Wildman–Crippen LogP) is 2.95. The van der Waals surface area contributed by atoms with Gasteiger partial charge >= 0.3 is 0 Å². The van der Waals surface area contributed by atoms with Gasteiger partial charge in [-0.15, -0.1) is 11.3 Å². The van der Waals surface area contributed by atoms with Gasteiger partial charge in [0.15, 0.2) is 0 Å². The first-order valence-corrected chi connectivity index (χ1v) is 9.37. The highest BCUT2D eigenvalue weighted by molar-refractivity contribution is 7.10. The van der Waals surface area contributed by atoms with Crippen molar-refractivity contribution < 1.29 is 14.3 Å². The minimum atomic E-state index is -0.0822. The van der Waals surface area contributed by atoms with Crippen molar-refractivity contribution in [3.8, 4) is 5.75 Å². The van der Waals surface area contributed by atoms with Crippen molar-refractivity contribution in [2.24, 2.45) is 0 Å². The van der Waals surface area contributed by atoms with Gasteiger partial charge in [-0.25, -0.2) is 0 Å². The Morgan fingerprint density at radius 3 is 2.76 bits per heavy atom. The fourth-order valence-electron chi connectivity index (χ4n) is 3.19. The van der Waals surface area contributed by atoms with Crippen molar-refractivity contribution >= 4 is 17.2 Å². The van der Waals surface area contributed by atoms with Gasteiger partial charge in [0.2, 0.25) is 0 Å². The second-order valence-corrected chi connectivity index (χ2v) is 7.08. The molecule has 0 saturated carbocycles. The number of hydrogen-bond donors (Lipinski definition) is 1. The Bertz CT molecular complexity index is 684. The maximum absolute atomic E-state index is 12.7. The van der Waals surface area contributed by atoms with Crippen LogP contribution >= 0.6 is 11.3 Å². The number of amides is 1. The van der Waals surface area contributed by atoms with E-state index in [0.29, 0.717) is 11.3 Å². The highest BCUT2D eigenvalue weighted by atomic mass is 32.1. The summed E-state index contributed by atoms with van der Waals surface area (Å²) in [5, 5.41) is 5.25. The van der Waals surface area contributed by atoms with Gasteiger partial charge in [-0.3, -0.25) is 9.69 Å². The van der Waals surface area contributed by atoms with Crippen LogP contribution in [-0.4, -0.2) is 50.3 Å². The number of benzene rings is 1. The van der Waals surface area contributed by atoms with Gasteiger partial charge in [0.25, 0.3) is 5.91 Å². The first kappa shape index (κ1) is 17.9. The van der Waals surface area contributed by atoms with Gasteiger partial charge in [-0.05, 0) is 36.6 Å². The number of methoxy groups -OCH3 is 1. The van der Waals surface area contributed by atoms with Crippen LogP contribution in [0.2, 0.25) is 0 Å². The van der Waals surface area contributed by atoms with Crippen molar-refractivity contribution in [3.63, 3.8) is 0 Å². The third kappa shape index (κ3) is 4.39. The maximum atomic E-state index is 12.7. The number of carbonyl (C=O) groups excluding carboxylic acids is 1. The maximum Gasteiger partial charge on any atom is 0.251 e. The molecule has 0 unspecified atom stereocenters. The van der Waals surface area contributed by atoms with Crippen LogP contribution in [0.5, 0.6) is 5.75 Å². The molecule has 2 heterocycles. The van der Waals surface area contributed by atoms with E-state index in [0.717, 1.165) is 26.3 Å². The second-order valence-electron chi connectivity index (χ2n) is 6.10. The summed E-state index contributed by atoms with van der Waals surface area (Å²) in [5.74, 6) is 0.601. The summed E-state index contributed by atoms with van der Waals surface area (Å²) < 4.78 is 10.7. The molecule has 0 bridgehead atoms. The third-order valence-corrected chi connectivity index (χ3v) is 5.38. The number of nitrogens with one attached hydrogen (secondary N) is 1. The Morgan fingerprint density at radius 1 is 1.28 bits per heavy atom. The summed E-state index contributed by atoms with van der Waals surface area (Å²) in [6, 6.07) is 11.6. The molecule has 0 spiro atoms. The number of nitrogens with zero attached hydrogens (tertiary/aromatic N) is 1. The minimum Gasteiger partial charge on any atom is -0.497 e. The quantitative estimate of drug-likeness (QED) is 0.861. The summed E-state index contributed by atoms with van der Waals surface area (Å²) in [6.07, 6.45) is 0. The molecular formula is C19H24N2O3S. The summed E-state index contributed by atoms with van der Waals surface area (Å²) >= 11 is 1.73. The lowest BCUT2D eigenvalue weighted by atomic mass is 10.0. The smallest absolute Gasteiger partial charge is 0.251 e. The minimum absolute atomic E-state index is 0.0181. The van der Waals surface area contributed by atoms with E-state index in [1.807, 2.05) is 12.1 Å². The molecule has 1 aromatic heterocycles. The van der Waals surface area contributed by atoms with Crippen LogP contribution < -0.4 is 10.1 Å². The van der Waals surface area contributed by atoms with Gasteiger partial charge in [0.05, 0.1) is 26.4 Å². The molecule has 0 aliphatic carbocycles. The normalized spacial score (nSPS) is 17.7. The van der Waals surface area contributed by atoms with Crippen molar-refractivity contribution in [1.82, 2.24) is 10.2 Å². The summed E-state index contributed by atoms with van der Waals surface area (Å²) in [5.41, 5.74) is 0.609. The average Bonchev–Trinajstić information content (AvgIpc) is 3.17. The van der Waals surface area contributed by atoms with E-state index in [4.69, 9.17) is 9.47 Å². The zero-order chi connectivity index (χ0) is 17.6. The van der Waals surface area contributed by atoms with E-state index < -0.39 is 0 Å². The van der Waals surface area contributed by atoms with Crippen LogP contribution in [0.3, 0.4) is 0 Å². The lowest BCUT2D eigenvalue weighted by Gasteiger charge is -2.37. The topological polar surface area (TPSA) is 50.8 Å². The highest BCUT2D eigenvalue weighted by Gasteiger charge is 2.29. The number of carbonyl (C=O) groups is 1. The van der Waals surface area contributed by atoms with Gasteiger partial charge in [-0.1, -0.05) is 12.1 Å². The largest absolute Gasteiger partial charge is 0.497 e. The summed E-state index contributed by atoms with van der Waals surface area (Å²) in [6.45, 7) is 5.29. The van der Waals surface area contributed by atoms with Gasteiger partial charge < -0.3 is 14.8 Å².